The Labute approximate surface area is 156 Å². The smallest absolute Gasteiger partial charge is 0.118 e. The van der Waals surface area contributed by atoms with Gasteiger partial charge in [-0.15, -0.1) is 0 Å². The van der Waals surface area contributed by atoms with E-state index in [-0.39, 0.29) is 6.04 Å². The van der Waals surface area contributed by atoms with E-state index in [4.69, 9.17) is 4.74 Å². The summed E-state index contributed by atoms with van der Waals surface area (Å²) in [6.45, 7) is 2.80. The largest absolute Gasteiger partial charge is 0.497 e. The maximum Gasteiger partial charge on any atom is 0.118 e. The van der Waals surface area contributed by atoms with Crippen molar-refractivity contribution in [3.05, 3.63) is 82.3 Å². The molecule has 3 aromatic rings. The van der Waals surface area contributed by atoms with Gasteiger partial charge < -0.3 is 9.30 Å². The van der Waals surface area contributed by atoms with Crippen LogP contribution in [0, 0.1) is 0 Å². The zero-order valence-electron chi connectivity index (χ0n) is 14.1. The van der Waals surface area contributed by atoms with Crippen molar-refractivity contribution in [2.75, 3.05) is 13.7 Å². The minimum absolute atomic E-state index is 0.289. The number of hydrogen-bond acceptors (Lipinski definition) is 3. The van der Waals surface area contributed by atoms with Crippen LogP contribution in [0.3, 0.4) is 0 Å². The molecule has 0 spiro atoms. The fraction of sp³-hybridized carbons (Fsp3) is 0.250. The zero-order chi connectivity index (χ0) is 17.2. The van der Waals surface area contributed by atoms with E-state index in [0.717, 1.165) is 29.9 Å². The van der Waals surface area contributed by atoms with Gasteiger partial charge in [0.15, 0.2) is 0 Å². The number of rotatable bonds is 4. The van der Waals surface area contributed by atoms with Gasteiger partial charge in [-0.2, -0.15) is 0 Å². The summed E-state index contributed by atoms with van der Waals surface area (Å²) in [6, 6.07) is 17.2. The average molecular weight is 398 g/mol. The fourth-order valence-electron chi connectivity index (χ4n) is 3.42. The third-order valence-electron chi connectivity index (χ3n) is 4.72. The van der Waals surface area contributed by atoms with Crippen molar-refractivity contribution in [2.24, 2.45) is 0 Å². The highest BCUT2D eigenvalue weighted by Gasteiger charge is 2.26. The third kappa shape index (κ3) is 3.48. The first-order valence-electron chi connectivity index (χ1n) is 8.34. The molecule has 1 aliphatic rings. The maximum absolute atomic E-state index is 5.25. The van der Waals surface area contributed by atoms with E-state index >= 15 is 0 Å². The topological polar surface area (TPSA) is 30.3 Å². The molecule has 2 heterocycles. The molecule has 25 heavy (non-hydrogen) atoms. The number of nitrogens with zero attached hydrogens (tertiary/aromatic N) is 3. The lowest BCUT2D eigenvalue weighted by Crippen LogP contribution is -2.36. The summed E-state index contributed by atoms with van der Waals surface area (Å²) in [5.74, 6) is 0.896. The molecule has 0 bridgehead atoms. The van der Waals surface area contributed by atoms with Gasteiger partial charge in [-0.1, -0.05) is 40.2 Å². The van der Waals surface area contributed by atoms with Crippen LogP contribution in [0.4, 0.5) is 0 Å². The van der Waals surface area contributed by atoms with E-state index in [2.05, 4.69) is 66.8 Å². The van der Waals surface area contributed by atoms with Crippen LogP contribution in [0.15, 0.2) is 65.5 Å². The predicted octanol–water partition coefficient (Wildman–Crippen LogP) is 4.26. The number of benzene rings is 2. The monoisotopic (exact) mass is 397 g/mol. The minimum atomic E-state index is 0.289. The van der Waals surface area contributed by atoms with Gasteiger partial charge >= 0.3 is 0 Å². The number of hydrogen-bond donors (Lipinski definition) is 0. The summed E-state index contributed by atoms with van der Waals surface area (Å²) >= 11 is 3.52. The van der Waals surface area contributed by atoms with Crippen molar-refractivity contribution in [3.8, 4) is 5.75 Å². The summed E-state index contributed by atoms with van der Waals surface area (Å²) in [7, 11) is 1.70. The Balaban J connectivity index is 1.58. The molecular formula is C20H20BrN3O. The van der Waals surface area contributed by atoms with Gasteiger partial charge in [0.05, 0.1) is 25.2 Å². The lowest BCUT2D eigenvalue weighted by atomic mass is 10.0. The van der Waals surface area contributed by atoms with E-state index in [0.29, 0.717) is 0 Å². The number of imidazole rings is 1. The van der Waals surface area contributed by atoms with Crippen LogP contribution in [-0.4, -0.2) is 28.1 Å². The van der Waals surface area contributed by atoms with E-state index in [1.165, 1.54) is 16.8 Å². The molecule has 0 saturated carbocycles. The molecular weight excluding hydrogens is 378 g/mol. The van der Waals surface area contributed by atoms with Crippen LogP contribution in [0.5, 0.6) is 5.75 Å². The summed E-state index contributed by atoms with van der Waals surface area (Å²) in [5.41, 5.74) is 3.86. The summed E-state index contributed by atoms with van der Waals surface area (Å²) in [5, 5.41) is 0. The first-order chi connectivity index (χ1) is 12.2. The van der Waals surface area contributed by atoms with Gasteiger partial charge in [-0.3, -0.25) is 4.90 Å². The lowest BCUT2D eigenvalue weighted by molar-refractivity contribution is 0.192. The Hall–Kier alpha value is -2.11. The first-order valence-corrected chi connectivity index (χ1v) is 9.13. The minimum Gasteiger partial charge on any atom is -0.497 e. The lowest BCUT2D eigenvalue weighted by Gasteiger charge is -2.35. The maximum atomic E-state index is 5.25. The van der Waals surface area contributed by atoms with Crippen molar-refractivity contribution in [3.63, 3.8) is 0 Å². The Morgan fingerprint density at radius 1 is 1.12 bits per heavy atom. The molecule has 1 aliphatic heterocycles. The van der Waals surface area contributed by atoms with Crippen molar-refractivity contribution in [2.45, 2.75) is 19.1 Å². The first kappa shape index (κ1) is 16.4. The van der Waals surface area contributed by atoms with E-state index in [1.807, 2.05) is 24.7 Å². The number of fused-ring (bicyclic) bond motifs is 1. The molecule has 1 aromatic heterocycles. The number of aromatic nitrogens is 2. The second-order valence-corrected chi connectivity index (χ2v) is 7.29. The summed E-state index contributed by atoms with van der Waals surface area (Å²) in [4.78, 5) is 6.85. The van der Waals surface area contributed by atoms with Crippen molar-refractivity contribution >= 4 is 15.9 Å². The van der Waals surface area contributed by atoms with Crippen LogP contribution in [-0.2, 0) is 13.1 Å². The Kier molecular flexibility index (Phi) is 4.59. The Morgan fingerprint density at radius 3 is 2.60 bits per heavy atom. The van der Waals surface area contributed by atoms with Gasteiger partial charge in [0.25, 0.3) is 0 Å². The van der Waals surface area contributed by atoms with Gasteiger partial charge in [-0.25, -0.2) is 4.98 Å². The molecule has 2 aromatic carbocycles. The van der Waals surface area contributed by atoms with Gasteiger partial charge in [-0.05, 0) is 35.4 Å². The number of ether oxygens (including phenoxy) is 1. The second-order valence-electron chi connectivity index (χ2n) is 6.38. The molecule has 0 amide bonds. The summed E-state index contributed by atoms with van der Waals surface area (Å²) in [6.07, 6.45) is 3.93. The van der Waals surface area contributed by atoms with Crippen molar-refractivity contribution < 1.29 is 4.74 Å². The second kappa shape index (κ2) is 7.02. The molecule has 4 rings (SSSR count). The molecule has 1 unspecified atom stereocenters. The molecule has 128 valence electrons. The van der Waals surface area contributed by atoms with Crippen LogP contribution in [0.1, 0.15) is 22.9 Å². The number of halogens is 1. The highest BCUT2D eigenvalue weighted by atomic mass is 79.9. The quantitative estimate of drug-likeness (QED) is 0.658. The van der Waals surface area contributed by atoms with Crippen LogP contribution >= 0.6 is 15.9 Å². The van der Waals surface area contributed by atoms with Crippen molar-refractivity contribution in [1.82, 2.24) is 14.5 Å². The van der Waals surface area contributed by atoms with E-state index in [9.17, 15) is 0 Å². The molecule has 4 nitrogen and oxygen atoms in total. The average Bonchev–Trinajstić information content (AvgIpc) is 3.11. The highest BCUT2D eigenvalue weighted by Crippen LogP contribution is 2.29. The van der Waals surface area contributed by atoms with Gasteiger partial charge in [0, 0.05) is 30.3 Å². The van der Waals surface area contributed by atoms with E-state index < -0.39 is 0 Å². The van der Waals surface area contributed by atoms with Gasteiger partial charge in [0.1, 0.15) is 5.75 Å². The molecule has 0 N–H and O–H groups in total. The molecule has 0 aliphatic carbocycles. The fourth-order valence-corrected chi connectivity index (χ4v) is 3.69. The zero-order valence-corrected chi connectivity index (χ0v) is 15.7. The van der Waals surface area contributed by atoms with Crippen LogP contribution in [0.25, 0.3) is 0 Å². The van der Waals surface area contributed by atoms with Crippen molar-refractivity contribution in [1.29, 1.82) is 0 Å². The van der Waals surface area contributed by atoms with Crippen LogP contribution < -0.4 is 4.74 Å². The predicted molar refractivity (Wildman–Crippen MR) is 102 cm³/mol. The van der Waals surface area contributed by atoms with Gasteiger partial charge in [0.2, 0.25) is 0 Å². The van der Waals surface area contributed by atoms with E-state index in [1.54, 1.807) is 7.11 Å². The molecule has 5 heteroatoms. The Bertz CT molecular complexity index is 842. The Morgan fingerprint density at radius 2 is 1.88 bits per heavy atom. The standard InChI is InChI=1S/C20H20BrN3O/c1-25-19-8-2-15(3-9-19)11-23-12-18-10-22-14-24(18)20(13-23)16-4-6-17(21)7-5-16/h2-10,14,20H,11-13H2,1H3. The summed E-state index contributed by atoms with van der Waals surface area (Å²) < 4.78 is 8.65. The molecule has 0 saturated heterocycles. The number of methoxy groups -OCH3 is 1. The normalized spacial score (nSPS) is 17.3. The highest BCUT2D eigenvalue weighted by molar-refractivity contribution is 9.10. The SMILES string of the molecule is COc1ccc(CN2Cc3cncn3C(c3ccc(Br)cc3)C2)cc1. The molecule has 0 fully saturated rings. The third-order valence-corrected chi connectivity index (χ3v) is 5.25. The van der Waals surface area contributed by atoms with Crippen LogP contribution in [0.2, 0.25) is 0 Å². The molecule has 0 radical (unpaired) electrons. The molecule has 1 atom stereocenters.